The van der Waals surface area contributed by atoms with E-state index < -0.39 is 17.5 Å². The number of rotatable bonds is 4. The minimum Gasteiger partial charge on any atom is -0.319 e. The van der Waals surface area contributed by atoms with Crippen LogP contribution in [0, 0.1) is 11.6 Å². The fraction of sp³-hybridized carbons (Fsp3) is 0.250. The number of anilines is 1. The van der Waals surface area contributed by atoms with Gasteiger partial charge in [-0.1, -0.05) is 17.8 Å². The summed E-state index contributed by atoms with van der Waals surface area (Å²) in [6.07, 6.45) is 1.42. The molecule has 2 aromatic rings. The Morgan fingerprint density at radius 3 is 2.85 bits per heavy atom. The molecule has 0 atom stereocenters. The van der Waals surface area contributed by atoms with Gasteiger partial charge in [0.2, 0.25) is 0 Å². The quantitative estimate of drug-likeness (QED) is 0.843. The SMILES string of the molecule is CCCc1nnsc1C(=O)Nc1cc(F)c(Br)cc1F. The van der Waals surface area contributed by atoms with Crippen LogP contribution in [0.4, 0.5) is 14.5 Å². The summed E-state index contributed by atoms with van der Waals surface area (Å²) in [5.74, 6) is -1.91. The number of benzene rings is 1. The van der Waals surface area contributed by atoms with Crippen molar-refractivity contribution in [2.24, 2.45) is 0 Å². The fourth-order valence-electron chi connectivity index (χ4n) is 1.58. The van der Waals surface area contributed by atoms with Gasteiger partial charge in [-0.25, -0.2) is 8.78 Å². The number of aryl methyl sites for hydroxylation is 1. The number of aromatic nitrogens is 2. The second kappa shape index (κ2) is 6.36. The van der Waals surface area contributed by atoms with Gasteiger partial charge in [-0.05, 0) is 39.9 Å². The van der Waals surface area contributed by atoms with Crippen LogP contribution in [0.1, 0.15) is 28.7 Å². The Bertz CT molecular complexity index is 648. The third kappa shape index (κ3) is 3.18. The van der Waals surface area contributed by atoms with Gasteiger partial charge in [0.05, 0.1) is 15.9 Å². The highest BCUT2D eigenvalue weighted by Crippen LogP contribution is 2.24. The van der Waals surface area contributed by atoms with Gasteiger partial charge in [0, 0.05) is 6.07 Å². The molecule has 0 bridgehead atoms. The zero-order valence-corrected chi connectivity index (χ0v) is 12.8. The van der Waals surface area contributed by atoms with Gasteiger partial charge >= 0.3 is 0 Å². The number of amides is 1. The number of halogens is 3. The van der Waals surface area contributed by atoms with E-state index in [2.05, 4.69) is 30.8 Å². The Kier molecular flexibility index (Phi) is 4.77. The van der Waals surface area contributed by atoms with E-state index in [0.717, 1.165) is 30.1 Å². The van der Waals surface area contributed by atoms with E-state index in [-0.39, 0.29) is 10.2 Å². The highest BCUT2D eigenvalue weighted by atomic mass is 79.9. The zero-order chi connectivity index (χ0) is 14.7. The van der Waals surface area contributed by atoms with Crippen molar-refractivity contribution in [3.8, 4) is 0 Å². The molecule has 2 rings (SSSR count). The van der Waals surface area contributed by atoms with Crippen molar-refractivity contribution in [2.45, 2.75) is 19.8 Å². The topological polar surface area (TPSA) is 54.9 Å². The molecular formula is C12H10BrF2N3OS. The van der Waals surface area contributed by atoms with Crippen molar-refractivity contribution >= 4 is 39.1 Å². The van der Waals surface area contributed by atoms with Crippen molar-refractivity contribution in [1.82, 2.24) is 9.59 Å². The molecule has 4 nitrogen and oxygen atoms in total. The molecular weight excluding hydrogens is 352 g/mol. The molecule has 1 N–H and O–H groups in total. The zero-order valence-electron chi connectivity index (χ0n) is 10.4. The van der Waals surface area contributed by atoms with Crippen LogP contribution in [-0.4, -0.2) is 15.5 Å². The number of nitrogens with one attached hydrogen (secondary N) is 1. The highest BCUT2D eigenvalue weighted by Gasteiger charge is 2.18. The fourth-order valence-corrected chi connectivity index (χ4v) is 2.50. The molecule has 1 amide bonds. The molecule has 0 spiro atoms. The van der Waals surface area contributed by atoms with Crippen molar-refractivity contribution in [3.63, 3.8) is 0 Å². The summed E-state index contributed by atoms with van der Waals surface area (Å²) < 4.78 is 30.7. The highest BCUT2D eigenvalue weighted by molar-refractivity contribution is 9.10. The third-order valence-electron chi connectivity index (χ3n) is 2.51. The monoisotopic (exact) mass is 361 g/mol. The molecule has 1 aromatic heterocycles. The minimum atomic E-state index is -0.721. The first kappa shape index (κ1) is 15.0. The average Bonchev–Trinajstić information content (AvgIpc) is 2.84. The first-order valence-corrected chi connectivity index (χ1v) is 7.36. The van der Waals surface area contributed by atoms with Crippen LogP contribution in [0.3, 0.4) is 0 Å². The van der Waals surface area contributed by atoms with Gasteiger partial charge in [0.1, 0.15) is 16.5 Å². The summed E-state index contributed by atoms with van der Waals surface area (Å²) in [5, 5.41) is 6.19. The molecule has 0 aliphatic heterocycles. The van der Waals surface area contributed by atoms with Gasteiger partial charge in [0.15, 0.2) is 0 Å². The minimum absolute atomic E-state index is 0.000807. The molecule has 106 valence electrons. The lowest BCUT2D eigenvalue weighted by molar-refractivity contribution is 0.102. The third-order valence-corrected chi connectivity index (χ3v) is 3.88. The van der Waals surface area contributed by atoms with E-state index in [4.69, 9.17) is 0 Å². The molecule has 8 heteroatoms. The van der Waals surface area contributed by atoms with Crippen LogP contribution in [0.15, 0.2) is 16.6 Å². The van der Waals surface area contributed by atoms with Crippen LogP contribution in [-0.2, 0) is 6.42 Å². The van der Waals surface area contributed by atoms with E-state index in [1.807, 2.05) is 6.92 Å². The van der Waals surface area contributed by atoms with Gasteiger partial charge in [-0.15, -0.1) is 5.10 Å². The summed E-state index contributed by atoms with van der Waals surface area (Å²) in [4.78, 5) is 12.4. The lowest BCUT2D eigenvalue weighted by atomic mass is 10.2. The second-order valence-corrected chi connectivity index (χ2v) is 5.61. The Morgan fingerprint density at radius 2 is 2.15 bits per heavy atom. The first-order chi connectivity index (χ1) is 9.52. The summed E-state index contributed by atoms with van der Waals surface area (Å²) in [6, 6.07) is 1.88. The van der Waals surface area contributed by atoms with E-state index in [0.29, 0.717) is 17.0 Å². The molecule has 20 heavy (non-hydrogen) atoms. The Labute approximate surface area is 126 Å². The van der Waals surface area contributed by atoms with Gasteiger partial charge in [-0.3, -0.25) is 4.79 Å². The number of hydrogen-bond donors (Lipinski definition) is 1. The van der Waals surface area contributed by atoms with E-state index in [1.54, 1.807) is 0 Å². The van der Waals surface area contributed by atoms with Crippen LogP contribution in [0.2, 0.25) is 0 Å². The van der Waals surface area contributed by atoms with Gasteiger partial charge < -0.3 is 5.32 Å². The number of nitrogens with zero attached hydrogens (tertiary/aromatic N) is 2. The first-order valence-electron chi connectivity index (χ1n) is 5.80. The number of hydrogen-bond acceptors (Lipinski definition) is 4. The molecule has 0 radical (unpaired) electrons. The maximum Gasteiger partial charge on any atom is 0.269 e. The molecule has 1 aromatic carbocycles. The predicted octanol–water partition coefficient (Wildman–Crippen LogP) is 3.78. The van der Waals surface area contributed by atoms with Crippen molar-refractivity contribution in [1.29, 1.82) is 0 Å². The molecule has 0 saturated heterocycles. The Balaban J connectivity index is 2.23. The van der Waals surface area contributed by atoms with Crippen LogP contribution >= 0.6 is 27.5 Å². The second-order valence-electron chi connectivity index (χ2n) is 4.00. The maximum absolute atomic E-state index is 13.6. The molecule has 0 unspecified atom stereocenters. The van der Waals surface area contributed by atoms with Gasteiger partial charge in [0.25, 0.3) is 5.91 Å². The van der Waals surface area contributed by atoms with E-state index in [9.17, 15) is 13.6 Å². The van der Waals surface area contributed by atoms with Crippen molar-refractivity contribution in [3.05, 3.63) is 38.8 Å². The maximum atomic E-state index is 13.6. The molecule has 0 aliphatic carbocycles. The number of carbonyl (C=O) groups excluding carboxylic acids is 1. The lowest BCUT2D eigenvalue weighted by Crippen LogP contribution is -2.14. The average molecular weight is 362 g/mol. The summed E-state index contributed by atoms with van der Waals surface area (Å²) >= 11 is 3.80. The largest absolute Gasteiger partial charge is 0.319 e. The van der Waals surface area contributed by atoms with Gasteiger partial charge in [-0.2, -0.15) is 0 Å². The van der Waals surface area contributed by atoms with Crippen molar-refractivity contribution < 1.29 is 13.6 Å². The summed E-state index contributed by atoms with van der Waals surface area (Å²) in [6.45, 7) is 1.95. The Morgan fingerprint density at radius 1 is 1.40 bits per heavy atom. The molecule has 0 fully saturated rings. The predicted molar refractivity (Wildman–Crippen MR) is 75.9 cm³/mol. The van der Waals surface area contributed by atoms with Crippen molar-refractivity contribution in [2.75, 3.05) is 5.32 Å². The molecule has 0 aliphatic rings. The van der Waals surface area contributed by atoms with Crippen LogP contribution < -0.4 is 5.32 Å². The smallest absolute Gasteiger partial charge is 0.269 e. The van der Waals surface area contributed by atoms with Crippen LogP contribution in [0.25, 0.3) is 0 Å². The summed E-state index contributed by atoms with van der Waals surface area (Å²) in [5.41, 5.74) is 0.347. The summed E-state index contributed by atoms with van der Waals surface area (Å²) in [7, 11) is 0. The molecule has 1 heterocycles. The standard InChI is InChI=1S/C12H10BrF2N3OS/c1-2-3-9-11(20-18-17-9)12(19)16-10-5-7(14)6(13)4-8(10)15/h4-5H,2-3H2,1H3,(H,16,19). The molecule has 0 saturated carbocycles. The normalized spacial score (nSPS) is 10.6. The lowest BCUT2D eigenvalue weighted by Gasteiger charge is -2.06. The van der Waals surface area contributed by atoms with E-state index >= 15 is 0 Å². The number of carbonyl (C=O) groups is 1. The van der Waals surface area contributed by atoms with Crippen LogP contribution in [0.5, 0.6) is 0 Å². The Hall–Kier alpha value is -1.41. The van der Waals surface area contributed by atoms with E-state index in [1.165, 1.54) is 0 Å².